The van der Waals surface area contributed by atoms with Crippen LogP contribution >= 0.6 is 0 Å². The first-order valence-corrected chi connectivity index (χ1v) is 12.3. The summed E-state index contributed by atoms with van der Waals surface area (Å²) in [5.74, 6) is 1.03. The molecule has 0 bridgehead atoms. The largest absolute Gasteiger partial charge is 0.508 e. The second kappa shape index (κ2) is 13.3. The SMILES string of the molecule is CC/C(=C(\c1ccc(O)cc1)c1ccc(OCCNC/C=C/C(=O)N(C)C)cc1)c1ccccc1C. The van der Waals surface area contributed by atoms with E-state index in [-0.39, 0.29) is 11.7 Å². The Morgan fingerprint density at radius 2 is 1.61 bits per heavy atom. The Hall–Kier alpha value is -3.83. The number of allylic oxidation sites excluding steroid dienone is 1. The Balaban J connectivity index is 1.75. The third kappa shape index (κ3) is 7.33. The first-order valence-electron chi connectivity index (χ1n) is 12.3. The van der Waals surface area contributed by atoms with Crippen LogP contribution in [0.1, 0.15) is 35.6 Å². The molecule has 0 aliphatic rings. The monoisotopic (exact) mass is 484 g/mol. The lowest BCUT2D eigenvalue weighted by molar-refractivity contribution is -0.123. The Kier molecular flexibility index (Phi) is 9.90. The summed E-state index contributed by atoms with van der Waals surface area (Å²) in [6, 6.07) is 24.0. The van der Waals surface area contributed by atoms with Crippen molar-refractivity contribution in [2.24, 2.45) is 0 Å². The lowest BCUT2D eigenvalue weighted by Gasteiger charge is -2.18. The number of hydrogen-bond acceptors (Lipinski definition) is 4. The molecule has 3 aromatic carbocycles. The van der Waals surface area contributed by atoms with E-state index >= 15 is 0 Å². The topological polar surface area (TPSA) is 61.8 Å². The summed E-state index contributed by atoms with van der Waals surface area (Å²) in [5, 5.41) is 13.1. The number of benzene rings is 3. The van der Waals surface area contributed by atoms with Gasteiger partial charge in [0, 0.05) is 33.3 Å². The standard InChI is InChI=1S/C31H36N2O3/c1-5-28(29-10-7-6-9-23(29)2)31(24-12-16-26(34)17-13-24)25-14-18-27(19-15-25)36-22-21-32-20-8-11-30(35)33(3)4/h6-19,32,34H,5,20-22H2,1-4H3/b11-8+,31-28-. The molecular weight excluding hydrogens is 448 g/mol. The molecule has 0 aliphatic heterocycles. The van der Waals surface area contributed by atoms with E-state index in [9.17, 15) is 9.90 Å². The highest BCUT2D eigenvalue weighted by atomic mass is 16.5. The van der Waals surface area contributed by atoms with E-state index in [0.29, 0.717) is 19.7 Å². The van der Waals surface area contributed by atoms with Crippen LogP contribution in [0.3, 0.4) is 0 Å². The van der Waals surface area contributed by atoms with Crippen molar-refractivity contribution in [3.63, 3.8) is 0 Å². The number of nitrogens with zero attached hydrogens (tertiary/aromatic N) is 1. The van der Waals surface area contributed by atoms with E-state index in [2.05, 4.69) is 55.6 Å². The molecule has 5 nitrogen and oxygen atoms in total. The van der Waals surface area contributed by atoms with Crippen molar-refractivity contribution in [2.45, 2.75) is 20.3 Å². The molecular formula is C31H36N2O3. The van der Waals surface area contributed by atoms with Crippen molar-refractivity contribution in [1.29, 1.82) is 0 Å². The van der Waals surface area contributed by atoms with Gasteiger partial charge in [-0.25, -0.2) is 0 Å². The second-order valence-electron chi connectivity index (χ2n) is 8.78. The number of aromatic hydroxyl groups is 1. The molecule has 188 valence electrons. The highest BCUT2D eigenvalue weighted by Gasteiger charge is 2.14. The van der Waals surface area contributed by atoms with Gasteiger partial charge in [0.1, 0.15) is 18.1 Å². The first-order chi connectivity index (χ1) is 17.4. The molecule has 1 amide bonds. The van der Waals surface area contributed by atoms with E-state index in [4.69, 9.17) is 4.74 Å². The maximum Gasteiger partial charge on any atom is 0.245 e. The fraction of sp³-hybridized carbons (Fsp3) is 0.258. The number of nitrogens with one attached hydrogen (secondary N) is 1. The summed E-state index contributed by atoms with van der Waals surface area (Å²) in [4.78, 5) is 13.1. The fourth-order valence-electron chi connectivity index (χ4n) is 4.01. The quantitative estimate of drug-likeness (QED) is 0.209. The van der Waals surface area contributed by atoms with Crippen molar-refractivity contribution in [3.8, 4) is 11.5 Å². The molecule has 0 saturated carbocycles. The van der Waals surface area contributed by atoms with Crippen molar-refractivity contribution in [3.05, 3.63) is 107 Å². The number of carbonyl (C=O) groups is 1. The number of phenols is 1. The molecule has 5 heteroatoms. The summed E-state index contributed by atoms with van der Waals surface area (Å²) in [7, 11) is 3.46. The van der Waals surface area contributed by atoms with Crippen LogP contribution in [-0.4, -0.2) is 49.7 Å². The van der Waals surface area contributed by atoms with Crippen molar-refractivity contribution >= 4 is 17.1 Å². The average Bonchev–Trinajstić information content (AvgIpc) is 2.88. The predicted molar refractivity (Wildman–Crippen MR) is 148 cm³/mol. The Labute approximate surface area is 214 Å². The molecule has 3 rings (SSSR count). The molecule has 3 aromatic rings. The summed E-state index contributed by atoms with van der Waals surface area (Å²) in [6.07, 6.45) is 4.25. The Bertz CT molecular complexity index is 1190. The molecule has 0 heterocycles. The molecule has 0 radical (unpaired) electrons. The zero-order valence-electron chi connectivity index (χ0n) is 21.6. The van der Waals surface area contributed by atoms with E-state index < -0.39 is 0 Å². The van der Waals surface area contributed by atoms with Crippen LogP contribution in [0.4, 0.5) is 0 Å². The summed E-state index contributed by atoms with van der Waals surface area (Å²) in [6.45, 7) is 6.13. The van der Waals surface area contributed by atoms with E-state index in [1.807, 2.05) is 30.3 Å². The zero-order chi connectivity index (χ0) is 25.9. The number of hydrogen-bond donors (Lipinski definition) is 2. The Morgan fingerprint density at radius 3 is 2.22 bits per heavy atom. The smallest absolute Gasteiger partial charge is 0.245 e. The number of ether oxygens (including phenoxy) is 1. The molecule has 0 aromatic heterocycles. The average molecular weight is 485 g/mol. The van der Waals surface area contributed by atoms with Gasteiger partial charge in [0.25, 0.3) is 0 Å². The van der Waals surface area contributed by atoms with Gasteiger partial charge in [-0.3, -0.25) is 4.79 Å². The minimum Gasteiger partial charge on any atom is -0.508 e. The molecule has 0 saturated heterocycles. The number of carbonyl (C=O) groups excluding carboxylic acids is 1. The summed E-state index contributed by atoms with van der Waals surface area (Å²) in [5.41, 5.74) is 7.04. The van der Waals surface area contributed by atoms with E-state index in [1.54, 1.807) is 32.3 Å². The molecule has 0 fully saturated rings. The number of aryl methyl sites for hydroxylation is 1. The van der Waals surface area contributed by atoms with E-state index in [0.717, 1.165) is 28.9 Å². The van der Waals surface area contributed by atoms with Gasteiger partial charge in [-0.1, -0.05) is 61.5 Å². The van der Waals surface area contributed by atoms with Gasteiger partial charge >= 0.3 is 0 Å². The third-order valence-corrected chi connectivity index (χ3v) is 5.94. The maximum absolute atomic E-state index is 11.5. The molecule has 0 unspecified atom stereocenters. The number of amides is 1. The molecule has 0 aliphatic carbocycles. The second-order valence-corrected chi connectivity index (χ2v) is 8.78. The minimum absolute atomic E-state index is 0.0254. The van der Waals surface area contributed by atoms with Crippen LogP contribution in [0.5, 0.6) is 11.5 Å². The highest BCUT2D eigenvalue weighted by molar-refractivity contribution is 5.99. The molecule has 0 spiro atoms. The predicted octanol–water partition coefficient (Wildman–Crippen LogP) is 5.68. The first kappa shape index (κ1) is 26.8. The molecule has 0 atom stereocenters. The lowest BCUT2D eigenvalue weighted by Crippen LogP contribution is -2.22. The maximum atomic E-state index is 11.5. The van der Waals surface area contributed by atoms with Crippen LogP contribution < -0.4 is 10.1 Å². The molecule has 36 heavy (non-hydrogen) atoms. The van der Waals surface area contributed by atoms with Crippen LogP contribution in [0, 0.1) is 6.92 Å². The van der Waals surface area contributed by atoms with Crippen molar-refractivity contribution in [2.75, 3.05) is 33.8 Å². The van der Waals surface area contributed by atoms with Crippen LogP contribution in [0.2, 0.25) is 0 Å². The van der Waals surface area contributed by atoms with Crippen molar-refractivity contribution < 1.29 is 14.6 Å². The van der Waals surface area contributed by atoms with Gasteiger partial charge in [0.05, 0.1) is 0 Å². The van der Waals surface area contributed by atoms with Gasteiger partial charge in [0.15, 0.2) is 0 Å². The third-order valence-electron chi connectivity index (χ3n) is 5.94. The summed E-state index contributed by atoms with van der Waals surface area (Å²) >= 11 is 0. The zero-order valence-corrected chi connectivity index (χ0v) is 21.6. The summed E-state index contributed by atoms with van der Waals surface area (Å²) < 4.78 is 5.91. The highest BCUT2D eigenvalue weighted by Crippen LogP contribution is 2.36. The van der Waals surface area contributed by atoms with Gasteiger partial charge in [-0.2, -0.15) is 0 Å². The molecule has 2 N–H and O–H groups in total. The van der Waals surface area contributed by atoms with Crippen LogP contribution in [0.25, 0.3) is 11.1 Å². The van der Waals surface area contributed by atoms with Gasteiger partial charge in [-0.05, 0) is 71.0 Å². The van der Waals surface area contributed by atoms with Crippen LogP contribution in [-0.2, 0) is 4.79 Å². The fourth-order valence-corrected chi connectivity index (χ4v) is 4.01. The normalized spacial score (nSPS) is 11.9. The van der Waals surface area contributed by atoms with Crippen molar-refractivity contribution in [1.82, 2.24) is 10.2 Å². The van der Waals surface area contributed by atoms with Gasteiger partial charge in [-0.15, -0.1) is 0 Å². The minimum atomic E-state index is -0.0254. The van der Waals surface area contributed by atoms with Gasteiger partial charge in [0.2, 0.25) is 5.91 Å². The van der Waals surface area contributed by atoms with Crippen LogP contribution in [0.15, 0.2) is 84.9 Å². The van der Waals surface area contributed by atoms with Gasteiger partial charge < -0.3 is 20.1 Å². The van der Waals surface area contributed by atoms with E-state index in [1.165, 1.54) is 21.6 Å². The lowest BCUT2D eigenvalue weighted by atomic mass is 9.86. The Morgan fingerprint density at radius 1 is 0.972 bits per heavy atom. The number of phenolic OH excluding ortho intramolecular Hbond substituents is 1. The number of rotatable bonds is 11. The number of likely N-dealkylation sites (N-methyl/N-ethyl adjacent to an activating group) is 1.